The lowest BCUT2D eigenvalue weighted by Crippen LogP contribution is -2.50. The monoisotopic (exact) mass is 883 g/mol. The van der Waals surface area contributed by atoms with Crippen molar-refractivity contribution in [2.45, 2.75) is 64.3 Å². The number of aryl methyl sites for hydroxylation is 2. The van der Waals surface area contributed by atoms with Gasteiger partial charge in [0.15, 0.2) is 10.8 Å². The number of para-hydroxylation sites is 2. The number of aromatic nitrogens is 6. The number of rotatable bonds is 10. The molecule has 3 aliphatic rings. The highest BCUT2D eigenvalue weighted by Gasteiger charge is 2.28. The van der Waals surface area contributed by atoms with Crippen molar-refractivity contribution in [3.8, 4) is 17.3 Å². The molecule has 18 nitrogen and oxygen atoms in total. The van der Waals surface area contributed by atoms with Gasteiger partial charge in [-0.1, -0.05) is 12.1 Å². The number of pyridine rings is 1. The van der Waals surface area contributed by atoms with Crippen molar-refractivity contribution in [3.63, 3.8) is 0 Å². The lowest BCUT2D eigenvalue weighted by atomic mass is 10.2. The summed E-state index contributed by atoms with van der Waals surface area (Å²) in [7, 11) is 3.43. The molecular weight excluding hydrogens is 831 g/mol. The quantitative estimate of drug-likeness (QED) is 0.177. The molecule has 0 aliphatic carbocycles. The number of nitrogens with one attached hydrogen (secondary N) is 2. The minimum atomic E-state index is -0.560. The average molecular weight is 884 g/mol. The predicted molar refractivity (Wildman–Crippen MR) is 239 cm³/mol. The van der Waals surface area contributed by atoms with Crippen molar-refractivity contribution in [2.75, 3.05) is 62.8 Å². The van der Waals surface area contributed by atoms with E-state index in [1.165, 1.54) is 9.13 Å². The summed E-state index contributed by atoms with van der Waals surface area (Å²) < 4.78 is 33.2. The first kappa shape index (κ1) is 43.5. The molecule has 6 aromatic rings. The number of piperazine rings is 1. The minimum Gasteiger partial charge on any atom is -0.489 e. The van der Waals surface area contributed by atoms with Crippen LogP contribution in [0.25, 0.3) is 27.9 Å². The molecule has 19 heteroatoms. The Morgan fingerprint density at radius 1 is 0.889 bits per heavy atom. The van der Waals surface area contributed by atoms with Crippen LogP contribution in [0.15, 0.2) is 69.8 Å². The van der Waals surface area contributed by atoms with Crippen molar-refractivity contribution in [2.24, 2.45) is 14.1 Å². The molecule has 0 spiro atoms. The molecule has 3 aliphatic heterocycles. The molecule has 0 bridgehead atoms. The molecule has 2 atom stereocenters. The van der Waals surface area contributed by atoms with Gasteiger partial charge in [-0.2, -0.15) is 0 Å². The number of hydrogen-bond acceptors (Lipinski definition) is 13. The normalized spacial score (nSPS) is 17.8. The van der Waals surface area contributed by atoms with E-state index < -0.39 is 11.5 Å². The van der Waals surface area contributed by atoms with Gasteiger partial charge in [-0.3, -0.25) is 18.9 Å². The highest BCUT2D eigenvalue weighted by atomic mass is 32.1. The van der Waals surface area contributed by atoms with Crippen LogP contribution >= 0.6 is 11.3 Å². The number of H-pyrrole nitrogens is 1. The van der Waals surface area contributed by atoms with Crippen molar-refractivity contribution in [3.05, 3.63) is 86.2 Å². The summed E-state index contributed by atoms with van der Waals surface area (Å²) in [6.45, 7) is 10.2. The molecule has 9 rings (SSSR count). The fourth-order valence-electron chi connectivity index (χ4n) is 7.88. The second-order valence-corrected chi connectivity index (χ2v) is 17.5. The Balaban J connectivity index is 0.000000251. The molecule has 2 aromatic carbocycles. The van der Waals surface area contributed by atoms with Crippen LogP contribution in [-0.2, 0) is 28.3 Å². The molecular formula is C44H53N9O9S. The van der Waals surface area contributed by atoms with Gasteiger partial charge in [0.25, 0.3) is 5.91 Å². The maximum atomic E-state index is 13.4. The van der Waals surface area contributed by atoms with Gasteiger partial charge >= 0.3 is 17.5 Å². The Bertz CT molecular complexity index is 2690. The van der Waals surface area contributed by atoms with E-state index in [4.69, 9.17) is 23.7 Å². The number of thiazole rings is 1. The summed E-state index contributed by atoms with van der Waals surface area (Å²) in [5.41, 5.74) is 3.22. The first-order valence-electron chi connectivity index (χ1n) is 21.2. The number of carbonyl (C=O) groups excluding carboxylic acids is 2. The first-order chi connectivity index (χ1) is 30.3. The van der Waals surface area contributed by atoms with Crippen LogP contribution in [0.4, 0.5) is 16.2 Å². The summed E-state index contributed by atoms with van der Waals surface area (Å²) in [5.74, 6) is 1.25. The molecule has 2 amide bonds. The number of nitrogens with zero attached hydrogens (tertiary/aromatic N) is 7. The number of amides is 2. The van der Waals surface area contributed by atoms with Gasteiger partial charge in [0.05, 0.1) is 40.8 Å². The number of anilines is 2. The second kappa shape index (κ2) is 18.7. The lowest BCUT2D eigenvalue weighted by Gasteiger charge is -2.37. The number of fused-ring (bicyclic) bond motifs is 2. The van der Waals surface area contributed by atoms with Gasteiger partial charge in [0.2, 0.25) is 0 Å². The van der Waals surface area contributed by atoms with E-state index in [1.807, 2.05) is 63.2 Å². The SMILES string of the molecule is Cn1c(=O)[nH]c2cccc(OC[C@@H]3CCCO3)c21.Cn1c(=O)n(-c2csc(C(=O)Nc3cnccc3N3CCN(C(=O)OC(C)(C)C)CC3)n2)c2cccc(OCC3CCCO3)c21. The van der Waals surface area contributed by atoms with Crippen molar-refractivity contribution >= 4 is 56.8 Å². The molecule has 2 N–H and O–H groups in total. The molecule has 334 valence electrons. The summed E-state index contributed by atoms with van der Waals surface area (Å²) in [6.07, 6.45) is 7.25. The van der Waals surface area contributed by atoms with Crippen LogP contribution < -0.4 is 31.1 Å². The summed E-state index contributed by atoms with van der Waals surface area (Å²) >= 11 is 1.15. The van der Waals surface area contributed by atoms with Gasteiger partial charge in [-0.05, 0) is 76.8 Å². The number of carbonyl (C=O) groups is 2. The Morgan fingerprint density at radius 2 is 1.56 bits per heavy atom. The fourth-order valence-corrected chi connectivity index (χ4v) is 8.56. The predicted octanol–water partition coefficient (Wildman–Crippen LogP) is 5.47. The van der Waals surface area contributed by atoms with Crippen LogP contribution in [0.2, 0.25) is 0 Å². The molecule has 4 aromatic heterocycles. The number of hydrogen-bond donors (Lipinski definition) is 2. The Hall–Kier alpha value is -6.18. The molecule has 3 fully saturated rings. The third-order valence-corrected chi connectivity index (χ3v) is 11.9. The Labute approximate surface area is 367 Å². The maximum absolute atomic E-state index is 13.4. The van der Waals surface area contributed by atoms with E-state index in [-0.39, 0.29) is 34.7 Å². The first-order valence-corrected chi connectivity index (χ1v) is 22.0. The number of aromatic amines is 1. The van der Waals surface area contributed by atoms with E-state index in [0.717, 1.165) is 72.7 Å². The van der Waals surface area contributed by atoms with Crippen molar-refractivity contribution in [1.82, 2.24) is 33.6 Å². The van der Waals surface area contributed by atoms with Crippen LogP contribution in [0, 0.1) is 0 Å². The number of imidazole rings is 2. The molecule has 7 heterocycles. The van der Waals surface area contributed by atoms with Crippen LogP contribution in [0.5, 0.6) is 11.5 Å². The fraction of sp³-hybridized carbons (Fsp3) is 0.455. The third kappa shape index (κ3) is 9.74. The minimum absolute atomic E-state index is 0.0427. The zero-order chi connectivity index (χ0) is 44.3. The van der Waals surface area contributed by atoms with Crippen molar-refractivity contribution < 1.29 is 33.3 Å². The summed E-state index contributed by atoms with van der Waals surface area (Å²) in [5, 5.41) is 4.83. The third-order valence-electron chi connectivity index (χ3n) is 11.0. The maximum Gasteiger partial charge on any atom is 0.410 e. The van der Waals surface area contributed by atoms with Crippen LogP contribution in [0.1, 0.15) is 56.3 Å². The molecule has 1 unspecified atom stereocenters. The highest BCUT2D eigenvalue weighted by Crippen LogP contribution is 2.30. The second-order valence-electron chi connectivity index (χ2n) is 16.6. The standard InChI is InChI=1S/C31H37N7O6S.C13H16N2O3/c1-31(2,3)44-30(41)37-14-12-36(13-15-37)22-10-11-32-17-21(22)33-27(39)28-34-25(19-45-28)38-23-8-5-9-24(26(23)35(4)29(38)40)43-18-20-7-6-16-42-20;1-15-12-10(14-13(15)16)5-2-6-11(12)18-8-9-4-3-7-17-9/h5,8-11,17,19-20H,6-7,12-16,18H2,1-4H3,(H,33,39);2,5-6,9H,3-4,7-8H2,1H3,(H,14,16)/t;9-/m.0/s1. The highest BCUT2D eigenvalue weighted by molar-refractivity contribution is 7.12. The van der Waals surface area contributed by atoms with E-state index >= 15 is 0 Å². The Kier molecular flexibility index (Phi) is 12.9. The van der Waals surface area contributed by atoms with Gasteiger partial charge < -0.3 is 43.8 Å². The molecule has 0 radical (unpaired) electrons. The van der Waals surface area contributed by atoms with E-state index in [9.17, 15) is 19.2 Å². The zero-order valence-corrected chi connectivity index (χ0v) is 36.9. The van der Waals surface area contributed by atoms with Gasteiger partial charge in [-0.15, -0.1) is 11.3 Å². The summed E-state index contributed by atoms with van der Waals surface area (Å²) in [4.78, 5) is 66.2. The van der Waals surface area contributed by atoms with Gasteiger partial charge in [-0.25, -0.2) is 23.9 Å². The smallest absolute Gasteiger partial charge is 0.410 e. The molecule has 63 heavy (non-hydrogen) atoms. The molecule has 0 saturated carbocycles. The number of benzene rings is 2. The average Bonchev–Trinajstić information content (AvgIpc) is 4.13. The van der Waals surface area contributed by atoms with Crippen molar-refractivity contribution in [1.29, 1.82) is 0 Å². The lowest BCUT2D eigenvalue weighted by molar-refractivity contribution is 0.0240. The van der Waals surface area contributed by atoms with Crippen LogP contribution in [0.3, 0.4) is 0 Å². The molecule has 3 saturated heterocycles. The topological polar surface area (TPSA) is 189 Å². The van der Waals surface area contributed by atoms with E-state index in [0.29, 0.717) is 67.7 Å². The number of ether oxygens (including phenoxy) is 5. The zero-order valence-electron chi connectivity index (χ0n) is 36.1. The van der Waals surface area contributed by atoms with E-state index in [1.54, 1.807) is 41.3 Å². The van der Waals surface area contributed by atoms with Crippen LogP contribution in [-0.4, -0.2) is 116 Å². The van der Waals surface area contributed by atoms with E-state index in [2.05, 4.69) is 25.2 Å². The summed E-state index contributed by atoms with van der Waals surface area (Å²) in [6, 6.07) is 13.0. The van der Waals surface area contributed by atoms with Gasteiger partial charge in [0.1, 0.15) is 41.3 Å². The largest absolute Gasteiger partial charge is 0.489 e. The van der Waals surface area contributed by atoms with Gasteiger partial charge in [0, 0.05) is 65.1 Å². The Morgan fingerprint density at radius 3 is 2.21 bits per heavy atom.